The second-order valence-electron chi connectivity index (χ2n) is 6.14. The molecule has 3 nitrogen and oxygen atoms in total. The van der Waals surface area contributed by atoms with Gasteiger partial charge in [-0.1, -0.05) is 29.8 Å². The van der Waals surface area contributed by atoms with Crippen molar-refractivity contribution < 1.29 is 10.2 Å². The molecule has 0 saturated heterocycles. The fourth-order valence-corrected chi connectivity index (χ4v) is 4.12. The highest BCUT2D eigenvalue weighted by Gasteiger charge is 2.70. The van der Waals surface area contributed by atoms with Gasteiger partial charge in [0, 0.05) is 0 Å². The van der Waals surface area contributed by atoms with Crippen molar-refractivity contribution in [1.82, 2.24) is 0 Å². The van der Waals surface area contributed by atoms with Crippen LogP contribution >= 0.6 is 0 Å². The zero-order valence-electron chi connectivity index (χ0n) is 11.2. The van der Waals surface area contributed by atoms with Gasteiger partial charge in [0.05, 0.1) is 11.5 Å². The van der Waals surface area contributed by atoms with Crippen molar-refractivity contribution in [3.8, 4) is 6.07 Å². The lowest BCUT2D eigenvalue weighted by Crippen LogP contribution is -2.53. The van der Waals surface area contributed by atoms with Crippen LogP contribution in [-0.4, -0.2) is 15.8 Å². The molecule has 19 heavy (non-hydrogen) atoms. The van der Waals surface area contributed by atoms with E-state index in [1.807, 2.05) is 31.2 Å². The summed E-state index contributed by atoms with van der Waals surface area (Å²) in [5.41, 5.74) is -1.56. The lowest BCUT2D eigenvalue weighted by Gasteiger charge is -2.41. The number of aliphatic hydroxyl groups is 2. The van der Waals surface area contributed by atoms with Gasteiger partial charge in [-0.25, -0.2) is 0 Å². The monoisotopic (exact) mass is 257 g/mol. The zero-order chi connectivity index (χ0) is 13.7. The van der Waals surface area contributed by atoms with Crippen molar-refractivity contribution >= 4 is 0 Å². The highest BCUT2D eigenvalue weighted by atomic mass is 16.4. The minimum atomic E-state index is -1.30. The first kappa shape index (κ1) is 12.7. The SMILES string of the molecule is Cc1cccc([C@@]2(O)CC[C@@]3(C#N)CCC[C@]32O)c1. The maximum Gasteiger partial charge on any atom is 0.120 e. The maximum absolute atomic E-state index is 11.1. The summed E-state index contributed by atoms with van der Waals surface area (Å²) in [6.07, 6.45) is 3.03. The molecular weight excluding hydrogens is 238 g/mol. The van der Waals surface area contributed by atoms with E-state index in [0.29, 0.717) is 25.7 Å². The summed E-state index contributed by atoms with van der Waals surface area (Å²) in [4.78, 5) is 0. The summed E-state index contributed by atoms with van der Waals surface area (Å²) in [6.45, 7) is 1.97. The predicted molar refractivity (Wildman–Crippen MR) is 71.2 cm³/mol. The topological polar surface area (TPSA) is 64.2 Å². The molecular formula is C16H19NO2. The fourth-order valence-electron chi connectivity index (χ4n) is 4.12. The molecule has 0 heterocycles. The minimum absolute atomic E-state index is 0.459. The number of fused-ring (bicyclic) bond motifs is 1. The van der Waals surface area contributed by atoms with Crippen molar-refractivity contribution in [3.05, 3.63) is 35.4 Å². The van der Waals surface area contributed by atoms with Crippen molar-refractivity contribution in [2.24, 2.45) is 5.41 Å². The van der Waals surface area contributed by atoms with Crippen LogP contribution in [0.2, 0.25) is 0 Å². The van der Waals surface area contributed by atoms with E-state index in [1.165, 1.54) is 0 Å². The van der Waals surface area contributed by atoms with Crippen LogP contribution in [-0.2, 0) is 5.60 Å². The Morgan fingerprint density at radius 3 is 2.63 bits per heavy atom. The minimum Gasteiger partial charge on any atom is -0.385 e. The first-order chi connectivity index (χ1) is 8.97. The van der Waals surface area contributed by atoms with Crippen LogP contribution in [0.15, 0.2) is 24.3 Å². The smallest absolute Gasteiger partial charge is 0.120 e. The van der Waals surface area contributed by atoms with Crippen LogP contribution < -0.4 is 0 Å². The van der Waals surface area contributed by atoms with Crippen LogP contribution in [0.1, 0.15) is 43.2 Å². The van der Waals surface area contributed by atoms with Crippen molar-refractivity contribution in [3.63, 3.8) is 0 Å². The molecule has 3 atom stereocenters. The lowest BCUT2D eigenvalue weighted by molar-refractivity contribution is -0.160. The van der Waals surface area contributed by atoms with Crippen molar-refractivity contribution in [2.45, 2.75) is 50.2 Å². The summed E-state index contributed by atoms with van der Waals surface area (Å²) in [5.74, 6) is 0. The fraction of sp³-hybridized carbons (Fsp3) is 0.562. The van der Waals surface area contributed by atoms with Crippen LogP contribution in [0.4, 0.5) is 0 Å². The molecule has 100 valence electrons. The number of rotatable bonds is 1. The van der Waals surface area contributed by atoms with E-state index in [0.717, 1.165) is 17.5 Å². The molecule has 0 radical (unpaired) electrons. The van der Waals surface area contributed by atoms with Gasteiger partial charge in [0.2, 0.25) is 0 Å². The van der Waals surface area contributed by atoms with Crippen LogP contribution in [0.5, 0.6) is 0 Å². The van der Waals surface area contributed by atoms with Gasteiger partial charge in [-0.3, -0.25) is 0 Å². The van der Waals surface area contributed by atoms with Crippen molar-refractivity contribution in [2.75, 3.05) is 0 Å². The molecule has 0 aromatic heterocycles. The molecule has 3 rings (SSSR count). The molecule has 2 N–H and O–H groups in total. The highest BCUT2D eigenvalue weighted by Crippen LogP contribution is 2.64. The normalized spacial score (nSPS) is 40.9. The standard InChI is InChI=1S/C16H19NO2/c1-12-4-2-5-13(10-12)15(18)9-8-14(11-17)6-3-7-16(14,15)19/h2,4-5,10,18-19H,3,6-9H2,1H3/t14-,15+,16+/m1/s1. The Kier molecular flexibility index (Phi) is 2.54. The molecule has 1 aromatic carbocycles. The van der Waals surface area contributed by atoms with Gasteiger partial charge in [-0.05, 0) is 44.6 Å². The first-order valence-corrected chi connectivity index (χ1v) is 6.91. The molecule has 0 bridgehead atoms. The van der Waals surface area contributed by atoms with E-state index in [4.69, 9.17) is 0 Å². The third kappa shape index (κ3) is 1.39. The van der Waals surface area contributed by atoms with E-state index in [1.54, 1.807) is 0 Å². The molecule has 2 aliphatic rings. The van der Waals surface area contributed by atoms with Gasteiger partial charge < -0.3 is 10.2 Å². The van der Waals surface area contributed by atoms with Crippen molar-refractivity contribution in [1.29, 1.82) is 5.26 Å². The van der Waals surface area contributed by atoms with E-state index < -0.39 is 16.6 Å². The molecule has 2 aliphatic carbocycles. The molecule has 3 heteroatoms. The predicted octanol–water partition coefficient (Wildman–Crippen LogP) is 2.40. The van der Waals surface area contributed by atoms with Gasteiger partial charge in [-0.2, -0.15) is 5.26 Å². The van der Waals surface area contributed by atoms with E-state index >= 15 is 0 Å². The average molecular weight is 257 g/mol. The number of hydrogen-bond acceptors (Lipinski definition) is 3. The first-order valence-electron chi connectivity index (χ1n) is 6.91. The number of hydrogen-bond donors (Lipinski definition) is 2. The molecule has 2 fully saturated rings. The highest BCUT2D eigenvalue weighted by molar-refractivity contribution is 5.37. The second kappa shape index (κ2) is 3.82. The quantitative estimate of drug-likeness (QED) is 0.812. The average Bonchev–Trinajstić information content (AvgIpc) is 2.84. The van der Waals surface area contributed by atoms with E-state index in [-0.39, 0.29) is 0 Å². The number of benzene rings is 1. The Labute approximate surface area is 113 Å². The van der Waals surface area contributed by atoms with Crippen LogP contribution in [0, 0.1) is 23.7 Å². The molecule has 0 unspecified atom stereocenters. The number of aryl methyl sites for hydroxylation is 1. The molecule has 0 spiro atoms. The zero-order valence-corrected chi connectivity index (χ0v) is 11.2. The molecule has 0 amide bonds. The Balaban J connectivity index is 2.14. The van der Waals surface area contributed by atoms with Gasteiger partial charge in [-0.15, -0.1) is 0 Å². The Hall–Kier alpha value is -1.37. The van der Waals surface area contributed by atoms with Gasteiger partial charge in [0.25, 0.3) is 0 Å². The third-order valence-electron chi connectivity index (χ3n) is 5.24. The molecule has 2 saturated carbocycles. The Bertz CT molecular complexity index is 564. The Morgan fingerprint density at radius 2 is 1.95 bits per heavy atom. The van der Waals surface area contributed by atoms with Gasteiger partial charge in [0.15, 0.2) is 0 Å². The van der Waals surface area contributed by atoms with Gasteiger partial charge in [0.1, 0.15) is 11.2 Å². The molecule has 1 aromatic rings. The van der Waals surface area contributed by atoms with E-state index in [9.17, 15) is 15.5 Å². The van der Waals surface area contributed by atoms with Crippen LogP contribution in [0.25, 0.3) is 0 Å². The maximum atomic E-state index is 11.1. The number of nitrogens with zero attached hydrogens (tertiary/aromatic N) is 1. The number of nitriles is 1. The second-order valence-corrected chi connectivity index (χ2v) is 6.14. The summed E-state index contributed by atoms with van der Waals surface area (Å²) in [7, 11) is 0. The summed E-state index contributed by atoms with van der Waals surface area (Å²) < 4.78 is 0. The Morgan fingerprint density at radius 1 is 1.16 bits per heavy atom. The molecule has 0 aliphatic heterocycles. The summed E-state index contributed by atoms with van der Waals surface area (Å²) >= 11 is 0. The third-order valence-corrected chi connectivity index (χ3v) is 5.24. The largest absolute Gasteiger partial charge is 0.385 e. The summed E-state index contributed by atoms with van der Waals surface area (Å²) in [6, 6.07) is 9.95. The van der Waals surface area contributed by atoms with Crippen LogP contribution in [0.3, 0.4) is 0 Å². The lowest BCUT2D eigenvalue weighted by atomic mass is 9.71. The van der Waals surface area contributed by atoms with E-state index in [2.05, 4.69) is 6.07 Å². The summed E-state index contributed by atoms with van der Waals surface area (Å²) in [5, 5.41) is 31.7. The van der Waals surface area contributed by atoms with Gasteiger partial charge >= 0.3 is 0 Å².